The molecule has 0 saturated heterocycles. The van der Waals surface area contributed by atoms with Crippen LogP contribution in [0.15, 0.2) is 24.3 Å². The van der Waals surface area contributed by atoms with Crippen molar-refractivity contribution in [1.82, 2.24) is 5.32 Å². The van der Waals surface area contributed by atoms with Gasteiger partial charge < -0.3 is 5.32 Å². The van der Waals surface area contributed by atoms with Crippen LogP contribution in [0.1, 0.15) is 62.0 Å². The minimum Gasteiger partial charge on any atom is -0.352 e. The molecule has 1 atom stereocenters. The third kappa shape index (κ3) is 3.73. The van der Waals surface area contributed by atoms with Crippen molar-refractivity contribution < 1.29 is 4.79 Å². The van der Waals surface area contributed by atoms with Crippen molar-refractivity contribution in [3.8, 4) is 0 Å². The summed E-state index contributed by atoms with van der Waals surface area (Å²) >= 11 is 6.25. The fourth-order valence-electron chi connectivity index (χ4n) is 2.55. The molecule has 3 heteroatoms. The number of alkyl halides is 1. The topological polar surface area (TPSA) is 29.1 Å². The van der Waals surface area contributed by atoms with E-state index in [1.807, 2.05) is 12.1 Å². The Hall–Kier alpha value is -1.02. The van der Waals surface area contributed by atoms with Crippen LogP contribution >= 0.6 is 11.6 Å². The molecule has 0 heterocycles. The monoisotopic (exact) mass is 279 g/mol. The van der Waals surface area contributed by atoms with E-state index in [1.165, 1.54) is 18.4 Å². The Morgan fingerprint density at radius 1 is 1.16 bits per heavy atom. The number of amides is 1. The molecule has 0 aromatic heterocycles. The summed E-state index contributed by atoms with van der Waals surface area (Å²) in [5.74, 6) is 0.431. The number of nitrogens with one attached hydrogen (secondary N) is 1. The molecule has 2 rings (SSSR count). The van der Waals surface area contributed by atoms with E-state index in [4.69, 9.17) is 11.6 Å². The van der Waals surface area contributed by atoms with Gasteiger partial charge in [-0.1, -0.05) is 51.0 Å². The smallest absolute Gasteiger partial charge is 0.242 e. The molecule has 1 fully saturated rings. The van der Waals surface area contributed by atoms with Crippen molar-refractivity contribution in [1.29, 1.82) is 0 Å². The van der Waals surface area contributed by atoms with Gasteiger partial charge in [-0.3, -0.25) is 4.79 Å². The van der Waals surface area contributed by atoms with Crippen LogP contribution < -0.4 is 5.32 Å². The lowest BCUT2D eigenvalue weighted by atomic mass is 10.0. The number of carbonyl (C=O) groups excluding carboxylic acids is 1. The molecule has 1 aromatic rings. The van der Waals surface area contributed by atoms with Crippen LogP contribution in [-0.4, -0.2) is 11.9 Å². The third-order valence-electron chi connectivity index (χ3n) is 3.83. The Morgan fingerprint density at radius 2 is 1.68 bits per heavy atom. The van der Waals surface area contributed by atoms with Gasteiger partial charge in [-0.2, -0.15) is 0 Å². The number of hydrogen-bond acceptors (Lipinski definition) is 1. The highest BCUT2D eigenvalue weighted by Gasteiger charge is 2.22. The number of hydrogen-bond donors (Lipinski definition) is 1. The van der Waals surface area contributed by atoms with Crippen LogP contribution in [0.5, 0.6) is 0 Å². The van der Waals surface area contributed by atoms with Crippen LogP contribution in [0.3, 0.4) is 0 Å². The average Bonchev–Trinajstić information content (AvgIpc) is 2.90. The van der Waals surface area contributed by atoms with Gasteiger partial charge in [-0.25, -0.2) is 0 Å². The Kier molecular flexibility index (Phi) is 4.87. The van der Waals surface area contributed by atoms with Gasteiger partial charge in [0, 0.05) is 6.04 Å². The number of rotatable bonds is 4. The highest BCUT2D eigenvalue weighted by Crippen LogP contribution is 2.25. The SMILES string of the molecule is CC(C)c1ccc(C(Cl)C(=O)NC2CCCC2)cc1. The molecule has 1 saturated carbocycles. The second-order valence-corrected chi connectivity index (χ2v) is 6.11. The molecule has 19 heavy (non-hydrogen) atoms. The number of benzene rings is 1. The van der Waals surface area contributed by atoms with E-state index in [2.05, 4.69) is 31.3 Å². The normalized spacial score (nSPS) is 17.7. The molecular weight excluding hydrogens is 258 g/mol. The Labute approximate surface area is 120 Å². The van der Waals surface area contributed by atoms with Crippen LogP contribution in [0.2, 0.25) is 0 Å². The lowest BCUT2D eigenvalue weighted by Gasteiger charge is -2.16. The van der Waals surface area contributed by atoms with E-state index in [9.17, 15) is 4.79 Å². The summed E-state index contributed by atoms with van der Waals surface area (Å²) in [6, 6.07) is 8.35. The maximum atomic E-state index is 12.1. The van der Waals surface area contributed by atoms with Crippen molar-refractivity contribution in [2.75, 3.05) is 0 Å². The van der Waals surface area contributed by atoms with Gasteiger partial charge in [-0.05, 0) is 29.9 Å². The van der Waals surface area contributed by atoms with Gasteiger partial charge in [0.2, 0.25) is 5.91 Å². The Morgan fingerprint density at radius 3 is 2.21 bits per heavy atom. The van der Waals surface area contributed by atoms with Crippen LogP contribution in [0.25, 0.3) is 0 Å². The molecule has 0 radical (unpaired) electrons. The van der Waals surface area contributed by atoms with Gasteiger partial charge >= 0.3 is 0 Å². The zero-order chi connectivity index (χ0) is 13.8. The first kappa shape index (κ1) is 14.4. The highest BCUT2D eigenvalue weighted by atomic mass is 35.5. The van der Waals surface area contributed by atoms with Gasteiger partial charge in [0.15, 0.2) is 0 Å². The quantitative estimate of drug-likeness (QED) is 0.824. The third-order valence-corrected chi connectivity index (χ3v) is 4.28. The molecule has 2 nitrogen and oxygen atoms in total. The van der Waals surface area contributed by atoms with Crippen molar-refractivity contribution in [3.63, 3.8) is 0 Å². The van der Waals surface area contributed by atoms with Crippen LogP contribution in [0, 0.1) is 0 Å². The first-order valence-corrected chi connectivity index (χ1v) is 7.56. The van der Waals surface area contributed by atoms with Crippen molar-refractivity contribution in [2.24, 2.45) is 0 Å². The fourth-order valence-corrected chi connectivity index (χ4v) is 2.75. The predicted molar refractivity (Wildman–Crippen MR) is 79.5 cm³/mol. The standard InChI is InChI=1S/C16H22ClNO/c1-11(2)12-7-9-13(10-8-12)15(17)16(19)18-14-5-3-4-6-14/h7-11,14-15H,3-6H2,1-2H3,(H,18,19). The first-order valence-electron chi connectivity index (χ1n) is 7.12. The maximum Gasteiger partial charge on any atom is 0.242 e. The molecule has 1 amide bonds. The van der Waals surface area contributed by atoms with Gasteiger partial charge in [0.05, 0.1) is 0 Å². The molecule has 1 N–H and O–H groups in total. The summed E-state index contributed by atoms with van der Waals surface area (Å²) in [7, 11) is 0. The molecule has 1 aliphatic carbocycles. The summed E-state index contributed by atoms with van der Waals surface area (Å²) in [5, 5.41) is 2.46. The average molecular weight is 280 g/mol. The number of halogens is 1. The zero-order valence-corrected chi connectivity index (χ0v) is 12.4. The second-order valence-electron chi connectivity index (χ2n) is 5.67. The van der Waals surface area contributed by atoms with E-state index in [1.54, 1.807) is 0 Å². The highest BCUT2D eigenvalue weighted by molar-refractivity contribution is 6.30. The Bertz CT molecular complexity index is 421. The minimum absolute atomic E-state index is 0.0640. The van der Waals surface area contributed by atoms with Crippen molar-refractivity contribution in [3.05, 3.63) is 35.4 Å². The first-order chi connectivity index (χ1) is 9.08. The molecule has 0 bridgehead atoms. The summed E-state index contributed by atoms with van der Waals surface area (Å²) in [6.07, 6.45) is 4.59. The van der Waals surface area contributed by atoms with E-state index in [0.717, 1.165) is 18.4 Å². The Balaban J connectivity index is 1.97. The molecule has 1 aromatic carbocycles. The molecule has 0 aliphatic heterocycles. The van der Waals surface area contributed by atoms with Crippen LogP contribution in [0.4, 0.5) is 0 Å². The minimum atomic E-state index is -0.582. The maximum absolute atomic E-state index is 12.1. The molecule has 1 aliphatic rings. The summed E-state index contributed by atoms with van der Waals surface area (Å²) < 4.78 is 0. The van der Waals surface area contributed by atoms with Crippen molar-refractivity contribution >= 4 is 17.5 Å². The lowest BCUT2D eigenvalue weighted by molar-refractivity contribution is -0.121. The molecule has 0 spiro atoms. The van der Waals surface area contributed by atoms with E-state index in [0.29, 0.717) is 12.0 Å². The summed E-state index contributed by atoms with van der Waals surface area (Å²) in [4.78, 5) is 12.1. The van der Waals surface area contributed by atoms with Gasteiger partial charge in [0.25, 0.3) is 0 Å². The molecule has 104 valence electrons. The zero-order valence-electron chi connectivity index (χ0n) is 11.7. The van der Waals surface area contributed by atoms with E-state index >= 15 is 0 Å². The van der Waals surface area contributed by atoms with E-state index in [-0.39, 0.29) is 5.91 Å². The fraction of sp³-hybridized carbons (Fsp3) is 0.562. The van der Waals surface area contributed by atoms with Crippen LogP contribution in [-0.2, 0) is 4.79 Å². The van der Waals surface area contributed by atoms with Crippen molar-refractivity contribution in [2.45, 2.75) is 56.9 Å². The molecule has 1 unspecified atom stereocenters. The second kappa shape index (κ2) is 6.42. The lowest BCUT2D eigenvalue weighted by Crippen LogP contribution is -2.34. The summed E-state index contributed by atoms with van der Waals surface area (Å²) in [6.45, 7) is 4.31. The van der Waals surface area contributed by atoms with E-state index < -0.39 is 5.38 Å². The largest absolute Gasteiger partial charge is 0.352 e. The van der Waals surface area contributed by atoms with Gasteiger partial charge in [0.1, 0.15) is 5.38 Å². The molecular formula is C16H22ClNO. The predicted octanol–water partition coefficient (Wildman–Crippen LogP) is 4.15. The summed E-state index contributed by atoms with van der Waals surface area (Å²) in [5.41, 5.74) is 2.14. The number of carbonyl (C=O) groups is 1. The van der Waals surface area contributed by atoms with Gasteiger partial charge in [-0.15, -0.1) is 11.6 Å².